The lowest BCUT2D eigenvalue weighted by atomic mass is 10.1. The number of thioether (sulfide) groups is 1. The highest BCUT2D eigenvalue weighted by Gasteiger charge is 2.11. The minimum Gasteiger partial charge on any atom is -0.346 e. The summed E-state index contributed by atoms with van der Waals surface area (Å²) >= 11 is 1.71. The Hall–Kier alpha value is -1.74. The van der Waals surface area contributed by atoms with Crippen molar-refractivity contribution in [1.29, 1.82) is 0 Å². The van der Waals surface area contributed by atoms with E-state index in [1.807, 2.05) is 38.1 Å². The Morgan fingerprint density at radius 2 is 1.85 bits per heavy atom. The lowest BCUT2D eigenvalue weighted by Crippen LogP contribution is -2.26. The zero-order valence-electron chi connectivity index (χ0n) is 12.0. The Morgan fingerprint density at radius 1 is 1.15 bits per heavy atom. The van der Waals surface area contributed by atoms with Crippen LogP contribution in [-0.2, 0) is 0 Å². The lowest BCUT2D eigenvalue weighted by Gasteiger charge is -2.15. The van der Waals surface area contributed by atoms with Crippen LogP contribution < -0.4 is 5.32 Å². The molecule has 0 heterocycles. The Morgan fingerprint density at radius 3 is 2.45 bits per heavy atom. The third-order valence-electron chi connectivity index (χ3n) is 3.24. The molecule has 0 aliphatic rings. The number of carbonyl (C=O) groups is 1. The van der Waals surface area contributed by atoms with E-state index in [0.717, 1.165) is 11.1 Å². The molecule has 0 saturated heterocycles. The van der Waals surface area contributed by atoms with E-state index in [1.165, 1.54) is 4.90 Å². The molecule has 0 spiro atoms. The molecule has 0 radical (unpaired) electrons. The van der Waals surface area contributed by atoms with Crippen LogP contribution >= 0.6 is 11.8 Å². The van der Waals surface area contributed by atoms with Crippen molar-refractivity contribution in [2.24, 2.45) is 0 Å². The Kier molecular flexibility index (Phi) is 4.85. The van der Waals surface area contributed by atoms with Gasteiger partial charge in [-0.3, -0.25) is 4.79 Å². The van der Waals surface area contributed by atoms with Crippen molar-refractivity contribution in [2.45, 2.75) is 24.8 Å². The molecule has 1 amide bonds. The first kappa shape index (κ1) is 14.7. The summed E-state index contributed by atoms with van der Waals surface area (Å²) in [5.74, 6) is -0.0323. The molecule has 2 rings (SSSR count). The van der Waals surface area contributed by atoms with Gasteiger partial charge in [0, 0.05) is 10.5 Å². The van der Waals surface area contributed by atoms with Gasteiger partial charge in [0.2, 0.25) is 0 Å². The molecule has 0 aliphatic carbocycles. The fourth-order valence-electron chi connectivity index (χ4n) is 2.04. The van der Waals surface area contributed by atoms with Gasteiger partial charge in [-0.1, -0.05) is 29.8 Å². The van der Waals surface area contributed by atoms with E-state index in [0.29, 0.717) is 5.56 Å². The molecular weight excluding hydrogens is 266 g/mol. The van der Waals surface area contributed by atoms with Gasteiger partial charge in [-0.25, -0.2) is 0 Å². The van der Waals surface area contributed by atoms with Crippen LogP contribution in [-0.4, -0.2) is 12.2 Å². The first-order valence-corrected chi connectivity index (χ1v) is 7.84. The monoisotopic (exact) mass is 285 g/mol. The summed E-state index contributed by atoms with van der Waals surface area (Å²) in [7, 11) is 0. The number of nitrogens with one attached hydrogen (secondary N) is 1. The molecule has 0 aliphatic heterocycles. The summed E-state index contributed by atoms with van der Waals surface area (Å²) in [5, 5.41) is 3.03. The van der Waals surface area contributed by atoms with E-state index in [9.17, 15) is 4.79 Å². The van der Waals surface area contributed by atoms with Crippen LogP contribution in [0.15, 0.2) is 53.4 Å². The number of amides is 1. The van der Waals surface area contributed by atoms with Gasteiger partial charge in [-0.05, 0) is 49.9 Å². The SMILES string of the molecule is CSc1ccc([C@@H](C)NC(=O)c2cccc(C)c2)cc1. The zero-order valence-corrected chi connectivity index (χ0v) is 12.8. The maximum Gasteiger partial charge on any atom is 0.251 e. The average Bonchev–Trinajstić information content (AvgIpc) is 2.47. The first-order valence-electron chi connectivity index (χ1n) is 6.61. The van der Waals surface area contributed by atoms with Crippen LogP contribution in [0, 0.1) is 6.92 Å². The van der Waals surface area contributed by atoms with E-state index in [2.05, 4.69) is 35.8 Å². The van der Waals surface area contributed by atoms with E-state index >= 15 is 0 Å². The van der Waals surface area contributed by atoms with Gasteiger partial charge in [0.05, 0.1) is 6.04 Å². The second-order valence-electron chi connectivity index (χ2n) is 4.84. The van der Waals surface area contributed by atoms with E-state index in [4.69, 9.17) is 0 Å². The quantitative estimate of drug-likeness (QED) is 0.853. The lowest BCUT2D eigenvalue weighted by molar-refractivity contribution is 0.0940. The number of hydrogen-bond acceptors (Lipinski definition) is 2. The van der Waals surface area contributed by atoms with Gasteiger partial charge in [-0.2, -0.15) is 0 Å². The van der Waals surface area contributed by atoms with Crippen LogP contribution in [0.1, 0.15) is 34.5 Å². The average molecular weight is 285 g/mol. The summed E-state index contributed by atoms with van der Waals surface area (Å²) in [6.07, 6.45) is 2.05. The number of rotatable bonds is 4. The Balaban J connectivity index is 2.06. The molecule has 20 heavy (non-hydrogen) atoms. The summed E-state index contributed by atoms with van der Waals surface area (Å²) in [6.45, 7) is 3.99. The minimum absolute atomic E-state index is 0.00100. The highest BCUT2D eigenvalue weighted by molar-refractivity contribution is 7.98. The molecule has 0 aromatic heterocycles. The van der Waals surface area contributed by atoms with E-state index in [-0.39, 0.29) is 11.9 Å². The highest BCUT2D eigenvalue weighted by Crippen LogP contribution is 2.19. The molecule has 0 bridgehead atoms. The fourth-order valence-corrected chi connectivity index (χ4v) is 2.45. The summed E-state index contributed by atoms with van der Waals surface area (Å²) in [4.78, 5) is 13.4. The van der Waals surface area contributed by atoms with Crippen LogP contribution in [0.5, 0.6) is 0 Å². The third-order valence-corrected chi connectivity index (χ3v) is 3.99. The molecule has 1 atom stereocenters. The summed E-state index contributed by atoms with van der Waals surface area (Å²) in [5.41, 5.74) is 2.91. The molecule has 2 nitrogen and oxygen atoms in total. The smallest absolute Gasteiger partial charge is 0.251 e. The van der Waals surface area contributed by atoms with Crippen LogP contribution in [0.4, 0.5) is 0 Å². The highest BCUT2D eigenvalue weighted by atomic mass is 32.2. The fraction of sp³-hybridized carbons (Fsp3) is 0.235. The number of hydrogen-bond donors (Lipinski definition) is 1. The second-order valence-corrected chi connectivity index (χ2v) is 5.72. The molecule has 2 aromatic carbocycles. The predicted octanol–water partition coefficient (Wildman–Crippen LogP) is 4.21. The minimum atomic E-state index is -0.0323. The van der Waals surface area contributed by atoms with Crippen molar-refractivity contribution in [3.8, 4) is 0 Å². The topological polar surface area (TPSA) is 29.1 Å². The number of carbonyl (C=O) groups excluding carboxylic acids is 1. The van der Waals surface area contributed by atoms with Crippen LogP contribution in [0.2, 0.25) is 0 Å². The van der Waals surface area contributed by atoms with Crippen molar-refractivity contribution in [1.82, 2.24) is 5.32 Å². The summed E-state index contributed by atoms with van der Waals surface area (Å²) in [6, 6.07) is 15.9. The molecular formula is C17H19NOS. The maximum atomic E-state index is 12.2. The summed E-state index contributed by atoms with van der Waals surface area (Å²) < 4.78 is 0. The molecule has 104 valence electrons. The van der Waals surface area contributed by atoms with Gasteiger partial charge in [0.1, 0.15) is 0 Å². The molecule has 1 N–H and O–H groups in total. The largest absolute Gasteiger partial charge is 0.346 e. The van der Waals surface area contributed by atoms with Gasteiger partial charge >= 0.3 is 0 Å². The first-order chi connectivity index (χ1) is 9.60. The van der Waals surface area contributed by atoms with Crippen molar-refractivity contribution >= 4 is 17.7 Å². The van der Waals surface area contributed by atoms with Gasteiger partial charge < -0.3 is 5.32 Å². The zero-order chi connectivity index (χ0) is 14.5. The van der Waals surface area contributed by atoms with Crippen molar-refractivity contribution < 1.29 is 4.79 Å². The number of aryl methyl sites for hydroxylation is 1. The Labute approximate surface area is 124 Å². The van der Waals surface area contributed by atoms with Crippen LogP contribution in [0.25, 0.3) is 0 Å². The van der Waals surface area contributed by atoms with Gasteiger partial charge in [-0.15, -0.1) is 11.8 Å². The standard InChI is InChI=1S/C17H19NOS/c1-12-5-4-6-15(11-12)17(19)18-13(2)14-7-9-16(20-3)10-8-14/h4-11,13H,1-3H3,(H,18,19)/t13-/m1/s1. The molecule has 0 unspecified atom stereocenters. The molecule has 3 heteroatoms. The van der Waals surface area contributed by atoms with Crippen LogP contribution in [0.3, 0.4) is 0 Å². The maximum absolute atomic E-state index is 12.2. The van der Waals surface area contributed by atoms with Crippen molar-refractivity contribution in [2.75, 3.05) is 6.26 Å². The van der Waals surface area contributed by atoms with Gasteiger partial charge in [0.25, 0.3) is 5.91 Å². The van der Waals surface area contributed by atoms with Gasteiger partial charge in [0.15, 0.2) is 0 Å². The van der Waals surface area contributed by atoms with E-state index < -0.39 is 0 Å². The molecule has 0 fully saturated rings. The Bertz CT molecular complexity index is 592. The third kappa shape index (κ3) is 3.64. The second kappa shape index (κ2) is 6.62. The molecule has 0 saturated carbocycles. The number of benzene rings is 2. The van der Waals surface area contributed by atoms with Crippen molar-refractivity contribution in [3.05, 3.63) is 65.2 Å². The van der Waals surface area contributed by atoms with Crippen molar-refractivity contribution in [3.63, 3.8) is 0 Å². The molecule has 2 aromatic rings. The predicted molar refractivity (Wildman–Crippen MR) is 85.3 cm³/mol. The van der Waals surface area contributed by atoms with E-state index in [1.54, 1.807) is 11.8 Å². The normalized spacial score (nSPS) is 11.9.